The van der Waals surface area contributed by atoms with E-state index in [1.165, 1.54) is 18.3 Å². The largest absolute Gasteiger partial charge is 0.375 e. The van der Waals surface area contributed by atoms with Crippen molar-refractivity contribution in [2.24, 2.45) is 0 Å². The molecule has 0 unspecified atom stereocenters. The number of carbonyl (C=O) groups is 1. The summed E-state index contributed by atoms with van der Waals surface area (Å²) in [5.41, 5.74) is 0.905. The smallest absolute Gasteiger partial charge is 0.356 e. The van der Waals surface area contributed by atoms with Gasteiger partial charge in [-0.2, -0.15) is 8.78 Å². The lowest BCUT2D eigenvalue weighted by atomic mass is 10.2. The van der Waals surface area contributed by atoms with E-state index < -0.39 is 4.71 Å². The fourth-order valence-corrected chi connectivity index (χ4v) is 4.07. The van der Waals surface area contributed by atoms with Crippen molar-refractivity contribution in [1.82, 2.24) is 4.98 Å². The van der Waals surface area contributed by atoms with E-state index in [1.54, 1.807) is 18.2 Å². The number of halogens is 4. The Morgan fingerprint density at radius 1 is 1.27 bits per heavy atom. The number of anilines is 2. The highest BCUT2D eigenvalue weighted by Crippen LogP contribution is 2.39. The van der Waals surface area contributed by atoms with Gasteiger partial charge >= 0.3 is 4.71 Å². The van der Waals surface area contributed by atoms with Crippen molar-refractivity contribution in [2.75, 3.05) is 23.3 Å². The molecule has 1 aromatic heterocycles. The maximum Gasteiger partial charge on any atom is 0.375 e. The van der Waals surface area contributed by atoms with Gasteiger partial charge < -0.3 is 10.2 Å². The Hall–Kier alpha value is -1.38. The summed E-state index contributed by atoms with van der Waals surface area (Å²) in [6.07, 6.45) is 3.81. The zero-order chi connectivity index (χ0) is 18.7. The van der Waals surface area contributed by atoms with Gasteiger partial charge in [-0.3, -0.25) is 4.79 Å². The summed E-state index contributed by atoms with van der Waals surface area (Å²) in [5.74, 6) is 0.511. The Morgan fingerprint density at radius 3 is 2.50 bits per heavy atom. The fraction of sp³-hybridized carbons (Fsp3) is 0.294. The third kappa shape index (κ3) is 5.08. The Bertz CT molecular complexity index is 796. The van der Waals surface area contributed by atoms with Gasteiger partial charge in [0.05, 0.1) is 10.0 Å². The predicted molar refractivity (Wildman–Crippen MR) is 104 cm³/mol. The third-order valence-corrected chi connectivity index (χ3v) is 5.39. The molecule has 3 rings (SSSR count). The molecule has 1 saturated heterocycles. The molecule has 26 heavy (non-hydrogen) atoms. The van der Waals surface area contributed by atoms with Crippen LogP contribution in [0.2, 0.25) is 0 Å². The highest BCUT2D eigenvalue weighted by molar-refractivity contribution is 9.10. The second-order valence-electron chi connectivity index (χ2n) is 5.75. The molecule has 1 fully saturated rings. The van der Waals surface area contributed by atoms with Crippen molar-refractivity contribution in [2.45, 2.75) is 22.5 Å². The molecule has 1 amide bonds. The molecule has 0 bridgehead atoms. The number of benzene rings is 1. The maximum atomic E-state index is 12.8. The van der Waals surface area contributed by atoms with Crippen LogP contribution in [-0.4, -0.2) is 28.7 Å². The van der Waals surface area contributed by atoms with Crippen molar-refractivity contribution in [3.8, 4) is 0 Å². The summed E-state index contributed by atoms with van der Waals surface area (Å²) < 4.78 is 22.9. The summed E-state index contributed by atoms with van der Waals surface area (Å²) >= 11 is 8.61. The summed E-state index contributed by atoms with van der Waals surface area (Å²) in [6.45, 7) is 1.92. The van der Waals surface area contributed by atoms with Crippen molar-refractivity contribution >= 4 is 56.7 Å². The van der Waals surface area contributed by atoms with Crippen molar-refractivity contribution in [1.29, 1.82) is 0 Å². The zero-order valence-corrected chi connectivity index (χ0v) is 16.7. The average Bonchev–Trinajstić information content (AvgIpc) is 3.09. The van der Waals surface area contributed by atoms with Gasteiger partial charge in [-0.05, 0) is 82.5 Å². The quantitative estimate of drug-likeness (QED) is 0.465. The molecule has 1 aliphatic heterocycles. The van der Waals surface area contributed by atoms with E-state index in [9.17, 15) is 13.6 Å². The number of nitrogens with zero attached hydrogens (tertiary/aromatic N) is 2. The minimum Gasteiger partial charge on any atom is -0.356 e. The van der Waals surface area contributed by atoms with Gasteiger partial charge in [0.15, 0.2) is 0 Å². The molecule has 2 aromatic rings. The highest BCUT2D eigenvalue weighted by Gasteiger charge is 2.26. The van der Waals surface area contributed by atoms with Crippen molar-refractivity contribution in [3.63, 3.8) is 0 Å². The fourth-order valence-electron chi connectivity index (χ4n) is 2.66. The van der Waals surface area contributed by atoms with E-state index in [1.807, 2.05) is 0 Å². The molecule has 1 aromatic carbocycles. The van der Waals surface area contributed by atoms with Crippen LogP contribution in [0, 0.1) is 0 Å². The molecule has 1 N–H and O–H groups in total. The number of thioether (sulfide) groups is 1. The lowest BCUT2D eigenvalue weighted by Crippen LogP contribution is -2.20. The molecule has 138 valence electrons. The first-order valence-electron chi connectivity index (χ1n) is 7.89. The van der Waals surface area contributed by atoms with Crippen LogP contribution in [0.3, 0.4) is 0 Å². The average molecular weight is 463 g/mol. The summed E-state index contributed by atoms with van der Waals surface area (Å²) in [5, 5.41) is 2.72. The van der Waals surface area contributed by atoms with Crippen LogP contribution in [0.4, 0.5) is 20.3 Å². The summed E-state index contributed by atoms with van der Waals surface area (Å²) in [4.78, 5) is 19.3. The van der Waals surface area contributed by atoms with Crippen LogP contribution in [0.5, 0.6) is 0 Å². The number of hydrogen-bond donors (Lipinski definition) is 1. The molecular weight excluding hydrogens is 448 g/mol. The lowest BCUT2D eigenvalue weighted by Gasteiger charge is -2.18. The first-order valence-corrected chi connectivity index (χ1v) is 9.88. The maximum absolute atomic E-state index is 12.8. The first-order chi connectivity index (χ1) is 12.3. The molecule has 0 atom stereocenters. The number of aromatic nitrogens is 1. The number of hydrogen-bond acceptors (Lipinski definition) is 4. The minimum atomic E-state index is -3.36. The Labute approximate surface area is 167 Å². The monoisotopic (exact) mass is 461 g/mol. The van der Waals surface area contributed by atoms with Gasteiger partial charge in [-0.15, -0.1) is 0 Å². The number of pyridine rings is 1. The van der Waals surface area contributed by atoms with Crippen LogP contribution in [-0.2, 0) is 0 Å². The van der Waals surface area contributed by atoms with Crippen LogP contribution in [0.15, 0.2) is 45.9 Å². The number of rotatable bonds is 5. The van der Waals surface area contributed by atoms with Crippen molar-refractivity contribution < 1.29 is 13.6 Å². The van der Waals surface area contributed by atoms with Crippen LogP contribution >= 0.6 is 39.3 Å². The van der Waals surface area contributed by atoms with E-state index >= 15 is 0 Å². The number of carbonyl (C=O) groups excluding carboxylic acids is 1. The predicted octanol–water partition coefficient (Wildman–Crippen LogP) is 5.58. The topological polar surface area (TPSA) is 45.2 Å². The molecule has 0 aliphatic carbocycles. The lowest BCUT2D eigenvalue weighted by molar-refractivity contribution is 0.102. The minimum absolute atomic E-state index is 0.239. The van der Waals surface area contributed by atoms with Crippen LogP contribution in [0.25, 0.3) is 0 Å². The Balaban J connectivity index is 1.67. The Morgan fingerprint density at radius 2 is 1.92 bits per heavy atom. The molecule has 0 radical (unpaired) electrons. The third-order valence-electron chi connectivity index (χ3n) is 3.84. The number of nitrogens with one attached hydrogen (secondary N) is 1. The molecule has 4 nitrogen and oxygen atoms in total. The molecule has 9 heteroatoms. The summed E-state index contributed by atoms with van der Waals surface area (Å²) in [6, 6.07) is 7.77. The second kappa shape index (κ2) is 8.10. The molecule has 0 saturated carbocycles. The molecule has 2 heterocycles. The molecule has 1 aliphatic rings. The van der Waals surface area contributed by atoms with Gasteiger partial charge in [0, 0.05) is 29.9 Å². The number of alkyl halides is 3. The van der Waals surface area contributed by atoms with Crippen molar-refractivity contribution in [3.05, 3.63) is 46.6 Å². The first kappa shape index (κ1) is 19.4. The second-order valence-corrected chi connectivity index (χ2v) is 8.49. The van der Waals surface area contributed by atoms with Gasteiger partial charge in [0.25, 0.3) is 5.91 Å². The standard InChI is InChI=1S/C17H15BrClF2N3OS/c18-14-9-11(10-22-15(14)24-7-1-2-8-24)16(25)23-12-3-5-13(6-4-12)26-17(19,20)21/h3-6,9-10H,1-2,7-8H2,(H,23,25). The molecule has 0 spiro atoms. The van der Waals surface area contributed by atoms with Crippen LogP contribution < -0.4 is 10.2 Å². The van der Waals surface area contributed by atoms with E-state index in [0.717, 1.165) is 36.2 Å². The zero-order valence-electron chi connectivity index (χ0n) is 13.5. The molecular formula is C17H15BrClF2N3OS. The van der Waals surface area contributed by atoms with Crippen LogP contribution in [0.1, 0.15) is 23.2 Å². The van der Waals surface area contributed by atoms with E-state index in [0.29, 0.717) is 16.1 Å². The van der Waals surface area contributed by atoms with E-state index in [4.69, 9.17) is 11.6 Å². The van der Waals surface area contributed by atoms with Gasteiger partial charge in [-0.1, -0.05) is 0 Å². The van der Waals surface area contributed by atoms with Gasteiger partial charge in [0.1, 0.15) is 5.82 Å². The normalized spacial score (nSPS) is 14.5. The van der Waals surface area contributed by atoms with E-state index in [2.05, 4.69) is 31.1 Å². The Kier molecular flexibility index (Phi) is 6.04. The van der Waals surface area contributed by atoms with E-state index in [-0.39, 0.29) is 17.7 Å². The van der Waals surface area contributed by atoms with Gasteiger partial charge in [-0.25, -0.2) is 4.98 Å². The van der Waals surface area contributed by atoms with Gasteiger partial charge in [0.2, 0.25) is 0 Å². The number of amides is 1. The summed E-state index contributed by atoms with van der Waals surface area (Å²) in [7, 11) is 0. The SMILES string of the molecule is O=C(Nc1ccc(SC(F)(F)Cl)cc1)c1cnc(N2CCCC2)c(Br)c1. The highest BCUT2D eigenvalue weighted by atomic mass is 79.9.